The number of rotatable bonds is 9. The largest absolute Gasteiger partial charge is 0.507 e. The molecule has 3 rings (SSSR count). The Labute approximate surface area is 232 Å². The van der Waals surface area contributed by atoms with Crippen LogP contribution in [0.1, 0.15) is 96.8 Å². The van der Waals surface area contributed by atoms with Gasteiger partial charge in [-0.05, 0) is 59.6 Å². The van der Waals surface area contributed by atoms with Crippen molar-refractivity contribution in [3.63, 3.8) is 0 Å². The van der Waals surface area contributed by atoms with Gasteiger partial charge in [0.15, 0.2) is 0 Å². The van der Waals surface area contributed by atoms with E-state index < -0.39 is 0 Å². The summed E-state index contributed by atoms with van der Waals surface area (Å²) in [6.45, 7) is 13.2. The monoisotopic (exact) mass is 537 g/mol. The van der Waals surface area contributed by atoms with E-state index in [1.54, 1.807) is 0 Å². The lowest BCUT2D eigenvalue weighted by molar-refractivity contribution is -0.140. The van der Waals surface area contributed by atoms with Crippen molar-refractivity contribution in [1.29, 1.82) is 0 Å². The maximum absolute atomic E-state index is 13.7. The molecule has 6 heteroatoms. The molecule has 2 aromatic carbocycles. The third-order valence-corrected chi connectivity index (χ3v) is 7.95. The normalized spacial score (nSPS) is 15.1. The van der Waals surface area contributed by atoms with Gasteiger partial charge in [0.2, 0.25) is 0 Å². The molecule has 0 fully saturated rings. The smallest absolute Gasteiger partial charge is 0.305 e. The second-order valence-corrected chi connectivity index (χ2v) is 13.2. The molecule has 206 valence electrons. The SMILES string of the molecule is COC(=O)CCCCCCCN1C(=O)/C(=C/c2cc(C(C)(C)C)c(O)c(C(C)(C)C)c2)Sc2ccccc21. The number of ether oxygens (including phenoxy) is 1. The van der Waals surface area contributed by atoms with Crippen molar-refractivity contribution in [3.05, 3.63) is 58.0 Å². The van der Waals surface area contributed by atoms with Crippen LogP contribution in [0.5, 0.6) is 5.75 Å². The zero-order chi connectivity index (χ0) is 28.1. The Kier molecular flexibility index (Phi) is 9.74. The molecule has 38 heavy (non-hydrogen) atoms. The van der Waals surface area contributed by atoms with E-state index in [1.165, 1.54) is 18.9 Å². The van der Waals surface area contributed by atoms with Gasteiger partial charge in [0.05, 0.1) is 17.7 Å². The number of unbranched alkanes of at least 4 members (excludes halogenated alkanes) is 4. The highest BCUT2D eigenvalue weighted by atomic mass is 32.2. The summed E-state index contributed by atoms with van der Waals surface area (Å²) in [6.07, 6.45) is 7.18. The van der Waals surface area contributed by atoms with Crippen molar-refractivity contribution in [2.75, 3.05) is 18.6 Å². The number of carbonyl (C=O) groups is 2. The summed E-state index contributed by atoms with van der Waals surface area (Å²) >= 11 is 1.51. The zero-order valence-corrected chi connectivity index (χ0v) is 24.8. The summed E-state index contributed by atoms with van der Waals surface area (Å²) in [7, 11) is 1.42. The van der Waals surface area contributed by atoms with Crippen LogP contribution in [0.2, 0.25) is 0 Å². The van der Waals surface area contributed by atoms with Crippen LogP contribution in [-0.4, -0.2) is 30.6 Å². The van der Waals surface area contributed by atoms with Crippen LogP contribution in [0.15, 0.2) is 46.2 Å². The molecule has 0 spiro atoms. The summed E-state index contributed by atoms with van der Waals surface area (Å²) in [5, 5.41) is 11.1. The Morgan fingerprint density at radius 2 is 1.53 bits per heavy atom. The number of hydrogen-bond donors (Lipinski definition) is 1. The number of aromatic hydroxyl groups is 1. The summed E-state index contributed by atoms with van der Waals surface area (Å²) in [5.74, 6) is 0.200. The molecule has 0 atom stereocenters. The van der Waals surface area contributed by atoms with Crippen molar-refractivity contribution in [2.24, 2.45) is 0 Å². The lowest BCUT2D eigenvalue weighted by atomic mass is 9.78. The van der Waals surface area contributed by atoms with E-state index in [2.05, 4.69) is 47.6 Å². The second kappa shape index (κ2) is 12.4. The average Bonchev–Trinajstić information content (AvgIpc) is 2.84. The minimum Gasteiger partial charge on any atom is -0.507 e. The molecule has 0 aromatic heterocycles. The fourth-order valence-corrected chi connectivity index (χ4v) is 5.75. The number of phenols is 1. The number of esters is 1. The van der Waals surface area contributed by atoms with E-state index in [1.807, 2.05) is 41.3 Å². The first kappa shape index (κ1) is 29.8. The van der Waals surface area contributed by atoms with Gasteiger partial charge in [-0.2, -0.15) is 0 Å². The molecule has 1 heterocycles. The summed E-state index contributed by atoms with van der Waals surface area (Å²) in [4.78, 5) is 28.7. The number of hydrogen-bond acceptors (Lipinski definition) is 5. The quantitative estimate of drug-likeness (QED) is 0.199. The van der Waals surface area contributed by atoms with Gasteiger partial charge in [0, 0.05) is 29.0 Å². The van der Waals surface area contributed by atoms with E-state index in [0.29, 0.717) is 23.6 Å². The molecule has 0 unspecified atom stereocenters. The Hall–Kier alpha value is -2.73. The van der Waals surface area contributed by atoms with E-state index >= 15 is 0 Å². The number of methoxy groups -OCH3 is 1. The average molecular weight is 538 g/mol. The van der Waals surface area contributed by atoms with E-state index in [4.69, 9.17) is 4.74 Å². The van der Waals surface area contributed by atoms with Crippen LogP contribution in [0.4, 0.5) is 5.69 Å². The minimum absolute atomic E-state index is 0.0158. The molecule has 1 aliphatic rings. The highest BCUT2D eigenvalue weighted by Gasteiger charge is 2.30. The number of benzene rings is 2. The standard InChI is InChI=1S/C32H43NO4S/c1-31(2,3)23-19-22(20-24(29(23)35)32(4,5)6)21-27-30(36)33(25-15-12-13-16-26(25)38-27)18-14-10-8-9-11-17-28(34)37-7/h12-13,15-16,19-21,35H,8-11,14,17-18H2,1-7H3/b27-21-. The molecular formula is C32H43NO4S. The predicted molar refractivity (Wildman–Crippen MR) is 158 cm³/mol. The van der Waals surface area contributed by atoms with Gasteiger partial charge in [0.25, 0.3) is 5.91 Å². The van der Waals surface area contributed by atoms with Crippen LogP contribution >= 0.6 is 11.8 Å². The van der Waals surface area contributed by atoms with Crippen molar-refractivity contribution >= 4 is 35.4 Å². The van der Waals surface area contributed by atoms with Gasteiger partial charge in [-0.1, -0.05) is 84.7 Å². The minimum atomic E-state index is -0.238. The first-order valence-corrected chi connectivity index (χ1v) is 14.4. The topological polar surface area (TPSA) is 66.8 Å². The maximum atomic E-state index is 13.7. The van der Waals surface area contributed by atoms with Gasteiger partial charge >= 0.3 is 5.97 Å². The molecule has 2 aromatic rings. The number of nitrogens with zero attached hydrogens (tertiary/aromatic N) is 1. The third kappa shape index (κ3) is 7.43. The van der Waals surface area contributed by atoms with Gasteiger partial charge in [-0.3, -0.25) is 9.59 Å². The molecule has 5 nitrogen and oxygen atoms in total. The van der Waals surface area contributed by atoms with Crippen LogP contribution in [0.25, 0.3) is 6.08 Å². The van der Waals surface area contributed by atoms with Crippen LogP contribution in [0.3, 0.4) is 0 Å². The van der Waals surface area contributed by atoms with Gasteiger partial charge in [0.1, 0.15) is 5.75 Å². The molecule has 0 aliphatic carbocycles. The molecule has 1 amide bonds. The first-order valence-electron chi connectivity index (χ1n) is 13.6. The fourth-order valence-electron chi connectivity index (χ4n) is 4.69. The van der Waals surface area contributed by atoms with Crippen molar-refractivity contribution < 1.29 is 19.4 Å². The Morgan fingerprint density at radius 1 is 0.947 bits per heavy atom. The predicted octanol–water partition coefficient (Wildman–Crippen LogP) is 7.98. The number of amides is 1. The van der Waals surface area contributed by atoms with Gasteiger partial charge in [-0.15, -0.1) is 0 Å². The van der Waals surface area contributed by atoms with E-state index in [0.717, 1.165) is 59.4 Å². The Morgan fingerprint density at radius 3 is 2.13 bits per heavy atom. The molecule has 1 N–H and O–H groups in total. The highest BCUT2D eigenvalue weighted by molar-refractivity contribution is 8.04. The molecular weight excluding hydrogens is 494 g/mol. The highest BCUT2D eigenvalue weighted by Crippen LogP contribution is 2.44. The number of fused-ring (bicyclic) bond motifs is 1. The van der Waals surface area contributed by atoms with Gasteiger partial charge < -0.3 is 14.7 Å². The van der Waals surface area contributed by atoms with Gasteiger partial charge in [-0.25, -0.2) is 0 Å². The summed E-state index contributed by atoms with van der Waals surface area (Å²) < 4.78 is 4.70. The number of carbonyl (C=O) groups excluding carboxylic acids is 2. The number of phenolic OH excluding ortho intramolecular Hbond substituents is 1. The Bertz CT molecular complexity index is 1150. The van der Waals surface area contributed by atoms with E-state index in [9.17, 15) is 14.7 Å². The summed E-state index contributed by atoms with van der Waals surface area (Å²) in [5.41, 5.74) is 3.18. The number of para-hydroxylation sites is 1. The second-order valence-electron chi connectivity index (χ2n) is 12.1. The molecule has 0 saturated carbocycles. The zero-order valence-electron chi connectivity index (χ0n) is 24.0. The molecule has 1 aliphatic heterocycles. The van der Waals surface area contributed by atoms with Crippen LogP contribution in [0, 0.1) is 0 Å². The van der Waals surface area contributed by atoms with Crippen molar-refractivity contribution in [1.82, 2.24) is 0 Å². The third-order valence-electron chi connectivity index (χ3n) is 6.87. The Balaban J connectivity index is 1.84. The lowest BCUT2D eigenvalue weighted by Crippen LogP contribution is -2.35. The van der Waals surface area contributed by atoms with Crippen molar-refractivity contribution in [2.45, 2.75) is 95.8 Å². The number of anilines is 1. The van der Waals surface area contributed by atoms with Crippen LogP contribution in [-0.2, 0) is 25.2 Å². The summed E-state index contributed by atoms with van der Waals surface area (Å²) in [6, 6.07) is 12.1. The maximum Gasteiger partial charge on any atom is 0.305 e. The van der Waals surface area contributed by atoms with E-state index in [-0.39, 0.29) is 22.7 Å². The van der Waals surface area contributed by atoms with Crippen molar-refractivity contribution in [3.8, 4) is 5.75 Å². The lowest BCUT2D eigenvalue weighted by Gasteiger charge is -2.31. The molecule has 0 bridgehead atoms. The first-order chi connectivity index (χ1) is 17.8. The van der Waals surface area contributed by atoms with Crippen LogP contribution < -0.4 is 4.90 Å². The fraction of sp³-hybridized carbons (Fsp3) is 0.500. The molecule has 0 radical (unpaired) electrons. The number of thioether (sulfide) groups is 1. The molecule has 0 saturated heterocycles.